The fourth-order valence-corrected chi connectivity index (χ4v) is 1.12. The van der Waals surface area contributed by atoms with Crippen molar-refractivity contribution in [1.29, 1.82) is 0 Å². The van der Waals surface area contributed by atoms with Gasteiger partial charge in [-0.2, -0.15) is 8.78 Å². The molecular formula is C13H20F2O4. The highest BCUT2D eigenvalue weighted by molar-refractivity contribution is 5.87. The number of halogens is 2. The fourth-order valence-electron chi connectivity index (χ4n) is 1.12. The van der Waals surface area contributed by atoms with Gasteiger partial charge in [-0.25, -0.2) is 9.59 Å². The summed E-state index contributed by atoms with van der Waals surface area (Å²) in [4.78, 5) is 22.7. The highest BCUT2D eigenvalue weighted by Crippen LogP contribution is 2.28. The summed E-state index contributed by atoms with van der Waals surface area (Å²) < 4.78 is 36.9. The van der Waals surface area contributed by atoms with Gasteiger partial charge in [0.05, 0.1) is 0 Å². The van der Waals surface area contributed by atoms with E-state index in [1.807, 2.05) is 0 Å². The van der Waals surface area contributed by atoms with Crippen LogP contribution in [0.1, 0.15) is 41.0 Å². The first kappa shape index (κ1) is 17.5. The van der Waals surface area contributed by atoms with Gasteiger partial charge in [0.1, 0.15) is 5.60 Å². The van der Waals surface area contributed by atoms with Crippen molar-refractivity contribution >= 4 is 11.9 Å². The van der Waals surface area contributed by atoms with Crippen LogP contribution in [0.15, 0.2) is 12.2 Å². The molecule has 0 bridgehead atoms. The molecule has 19 heavy (non-hydrogen) atoms. The Balaban J connectivity index is 4.97. The lowest BCUT2D eigenvalue weighted by molar-refractivity contribution is -0.205. The Labute approximate surface area is 111 Å². The van der Waals surface area contributed by atoms with Crippen molar-refractivity contribution < 1.29 is 27.8 Å². The molecule has 0 radical (unpaired) electrons. The molecule has 0 aliphatic heterocycles. The van der Waals surface area contributed by atoms with Gasteiger partial charge in [-0.15, -0.1) is 0 Å². The van der Waals surface area contributed by atoms with Crippen LogP contribution in [0.5, 0.6) is 0 Å². The Bertz CT molecular complexity index is 369. The standard InChI is InChI=1S/C13H20F2O4/c1-7-9(18-10(16)8(2)3)13(14,15)11(17)19-12(4,5)6/h9H,2,7H2,1,3-6H3. The third-order valence-corrected chi connectivity index (χ3v) is 2.04. The lowest BCUT2D eigenvalue weighted by Gasteiger charge is -2.28. The van der Waals surface area contributed by atoms with Crippen LogP contribution in [0.4, 0.5) is 8.78 Å². The van der Waals surface area contributed by atoms with Gasteiger partial charge in [0, 0.05) is 5.57 Å². The van der Waals surface area contributed by atoms with Crippen molar-refractivity contribution in [2.45, 2.75) is 58.7 Å². The van der Waals surface area contributed by atoms with Crippen LogP contribution in [-0.4, -0.2) is 29.6 Å². The summed E-state index contributed by atoms with van der Waals surface area (Å²) in [5, 5.41) is 0. The zero-order valence-corrected chi connectivity index (χ0v) is 11.9. The minimum atomic E-state index is -3.90. The largest absolute Gasteiger partial charge is 0.455 e. The third kappa shape index (κ3) is 5.36. The lowest BCUT2D eigenvalue weighted by atomic mass is 10.1. The van der Waals surface area contributed by atoms with Crippen LogP contribution in [-0.2, 0) is 19.1 Å². The molecule has 0 aliphatic rings. The normalized spacial score (nSPS) is 13.6. The van der Waals surface area contributed by atoms with Gasteiger partial charge in [0.25, 0.3) is 0 Å². The topological polar surface area (TPSA) is 52.6 Å². The number of alkyl halides is 2. The molecule has 110 valence electrons. The summed E-state index contributed by atoms with van der Waals surface area (Å²) in [6, 6.07) is 0. The van der Waals surface area contributed by atoms with Crippen molar-refractivity contribution in [2.24, 2.45) is 0 Å². The molecule has 0 saturated carbocycles. The molecule has 0 heterocycles. The van der Waals surface area contributed by atoms with Gasteiger partial charge in [-0.05, 0) is 34.1 Å². The van der Waals surface area contributed by atoms with E-state index >= 15 is 0 Å². The average Bonchev–Trinajstić information content (AvgIpc) is 2.22. The molecule has 0 N–H and O–H groups in total. The monoisotopic (exact) mass is 278 g/mol. The predicted octanol–water partition coefficient (Wildman–Crippen LogP) is 2.86. The third-order valence-electron chi connectivity index (χ3n) is 2.04. The quantitative estimate of drug-likeness (QED) is 0.573. The van der Waals surface area contributed by atoms with Gasteiger partial charge in [0.2, 0.25) is 0 Å². The molecule has 0 saturated heterocycles. The first-order valence-corrected chi connectivity index (χ1v) is 5.89. The summed E-state index contributed by atoms with van der Waals surface area (Å²) in [5.74, 6) is -6.57. The molecule has 0 aromatic carbocycles. The zero-order chi connectivity index (χ0) is 15.4. The van der Waals surface area contributed by atoms with Crippen molar-refractivity contribution in [3.8, 4) is 0 Å². The summed E-state index contributed by atoms with van der Waals surface area (Å²) >= 11 is 0. The molecule has 1 atom stereocenters. The van der Waals surface area contributed by atoms with Gasteiger partial charge in [0.15, 0.2) is 6.10 Å². The van der Waals surface area contributed by atoms with E-state index in [0.29, 0.717) is 0 Å². The van der Waals surface area contributed by atoms with Crippen molar-refractivity contribution in [2.75, 3.05) is 0 Å². The van der Waals surface area contributed by atoms with Crippen LogP contribution in [0, 0.1) is 0 Å². The Morgan fingerprint density at radius 2 is 1.74 bits per heavy atom. The minimum Gasteiger partial charge on any atom is -0.455 e. The van der Waals surface area contributed by atoms with Gasteiger partial charge in [-0.1, -0.05) is 13.5 Å². The van der Waals surface area contributed by atoms with E-state index in [-0.39, 0.29) is 12.0 Å². The number of rotatable bonds is 5. The van der Waals surface area contributed by atoms with E-state index in [9.17, 15) is 18.4 Å². The van der Waals surface area contributed by atoms with Crippen molar-refractivity contribution in [3.63, 3.8) is 0 Å². The van der Waals surface area contributed by atoms with E-state index in [0.717, 1.165) is 0 Å². The molecule has 0 fully saturated rings. The summed E-state index contributed by atoms with van der Waals surface area (Å²) in [6.07, 6.45) is -2.09. The van der Waals surface area contributed by atoms with E-state index < -0.39 is 29.6 Å². The maximum absolute atomic E-state index is 13.9. The Kier molecular flexibility index (Phi) is 5.65. The molecule has 4 nitrogen and oxygen atoms in total. The number of carbonyl (C=O) groups is 2. The van der Waals surface area contributed by atoms with E-state index in [2.05, 4.69) is 16.1 Å². The molecule has 0 spiro atoms. The maximum atomic E-state index is 13.9. The highest BCUT2D eigenvalue weighted by atomic mass is 19.3. The number of ether oxygens (including phenoxy) is 2. The molecule has 0 rings (SSSR count). The summed E-state index contributed by atoms with van der Waals surface area (Å²) in [7, 11) is 0. The van der Waals surface area contributed by atoms with E-state index in [4.69, 9.17) is 0 Å². The first-order chi connectivity index (χ1) is 8.41. The van der Waals surface area contributed by atoms with Gasteiger partial charge in [-0.3, -0.25) is 0 Å². The fraction of sp³-hybridized carbons (Fsp3) is 0.692. The van der Waals surface area contributed by atoms with Gasteiger partial charge >= 0.3 is 17.9 Å². The van der Waals surface area contributed by atoms with Crippen LogP contribution in [0.3, 0.4) is 0 Å². The number of hydrogen-bond donors (Lipinski definition) is 0. The van der Waals surface area contributed by atoms with E-state index in [1.54, 1.807) is 0 Å². The Morgan fingerprint density at radius 1 is 1.26 bits per heavy atom. The van der Waals surface area contributed by atoms with Gasteiger partial charge < -0.3 is 9.47 Å². The molecule has 0 amide bonds. The lowest BCUT2D eigenvalue weighted by Crippen LogP contribution is -2.47. The predicted molar refractivity (Wildman–Crippen MR) is 65.8 cm³/mol. The highest BCUT2D eigenvalue weighted by Gasteiger charge is 2.51. The summed E-state index contributed by atoms with van der Waals surface area (Å²) in [5.41, 5.74) is -1.06. The Hall–Kier alpha value is -1.46. The minimum absolute atomic E-state index is 0.0153. The molecule has 6 heteroatoms. The van der Waals surface area contributed by atoms with Crippen LogP contribution < -0.4 is 0 Å². The second-order valence-electron chi connectivity index (χ2n) is 5.21. The number of esters is 2. The number of carbonyl (C=O) groups excluding carboxylic acids is 2. The second-order valence-corrected chi connectivity index (χ2v) is 5.21. The summed E-state index contributed by atoms with van der Waals surface area (Å²) in [6.45, 7) is 10.4. The van der Waals surface area contributed by atoms with E-state index in [1.165, 1.54) is 34.6 Å². The molecular weight excluding hydrogens is 258 g/mol. The Morgan fingerprint density at radius 3 is 2.05 bits per heavy atom. The van der Waals surface area contributed by atoms with Crippen LogP contribution in [0.25, 0.3) is 0 Å². The maximum Gasteiger partial charge on any atom is 0.381 e. The zero-order valence-electron chi connectivity index (χ0n) is 11.9. The first-order valence-electron chi connectivity index (χ1n) is 5.89. The van der Waals surface area contributed by atoms with Crippen LogP contribution >= 0.6 is 0 Å². The average molecular weight is 278 g/mol. The SMILES string of the molecule is C=C(C)C(=O)OC(CC)C(F)(F)C(=O)OC(C)(C)C. The number of hydrogen-bond acceptors (Lipinski definition) is 4. The smallest absolute Gasteiger partial charge is 0.381 e. The molecule has 0 aliphatic carbocycles. The van der Waals surface area contributed by atoms with Crippen LogP contribution in [0.2, 0.25) is 0 Å². The molecule has 0 aromatic rings. The molecule has 0 aromatic heterocycles. The second kappa shape index (κ2) is 6.12. The molecule has 1 unspecified atom stereocenters. The van der Waals surface area contributed by atoms with Crippen molar-refractivity contribution in [1.82, 2.24) is 0 Å². The van der Waals surface area contributed by atoms with Crippen molar-refractivity contribution in [3.05, 3.63) is 12.2 Å².